The van der Waals surface area contributed by atoms with Crippen LogP contribution < -0.4 is 5.73 Å². The summed E-state index contributed by atoms with van der Waals surface area (Å²) < 4.78 is 2.07. The molecule has 0 spiro atoms. The molecule has 0 saturated heterocycles. The summed E-state index contributed by atoms with van der Waals surface area (Å²) in [5, 5.41) is 1.98. The molecule has 1 fully saturated rings. The molecule has 3 rings (SSSR count). The Morgan fingerprint density at radius 3 is 2.72 bits per heavy atom. The molecule has 0 radical (unpaired) electrons. The third kappa shape index (κ3) is 1.67. The highest BCUT2D eigenvalue weighted by Gasteiger charge is 2.34. The van der Waals surface area contributed by atoms with E-state index in [4.69, 9.17) is 17.3 Å². The van der Waals surface area contributed by atoms with Gasteiger partial charge in [-0.25, -0.2) is 0 Å². The first-order chi connectivity index (χ1) is 8.66. The van der Waals surface area contributed by atoms with Crippen molar-refractivity contribution < 1.29 is 0 Å². The van der Waals surface area contributed by atoms with E-state index in [1.54, 1.807) is 0 Å². The fourth-order valence-electron chi connectivity index (χ4n) is 3.34. The van der Waals surface area contributed by atoms with Crippen molar-refractivity contribution in [2.45, 2.75) is 31.1 Å². The van der Waals surface area contributed by atoms with Crippen LogP contribution >= 0.6 is 11.6 Å². The summed E-state index contributed by atoms with van der Waals surface area (Å²) in [6, 6.07) is 6.65. The lowest BCUT2D eigenvalue weighted by molar-refractivity contribution is 0.453. The minimum absolute atomic E-state index is 0.188. The Morgan fingerprint density at radius 1 is 1.33 bits per heavy atom. The third-order valence-electron chi connectivity index (χ3n) is 4.50. The normalized spacial score (nSPS) is 18.6. The van der Waals surface area contributed by atoms with Crippen LogP contribution in [0, 0.1) is 0 Å². The van der Waals surface area contributed by atoms with Gasteiger partial charge in [0.15, 0.2) is 0 Å². The molecule has 2 aromatic rings. The molecular formula is C15H19ClN2. The van der Waals surface area contributed by atoms with Crippen molar-refractivity contribution >= 4 is 22.5 Å². The maximum atomic E-state index is 6.29. The highest BCUT2D eigenvalue weighted by Crippen LogP contribution is 2.41. The van der Waals surface area contributed by atoms with Crippen molar-refractivity contribution in [3.8, 4) is 0 Å². The van der Waals surface area contributed by atoms with Gasteiger partial charge in [-0.15, -0.1) is 0 Å². The maximum Gasteiger partial charge on any atom is 0.0661 e. The Labute approximate surface area is 113 Å². The minimum atomic E-state index is 0.188. The average molecular weight is 263 g/mol. The Bertz CT molecular complexity index is 579. The van der Waals surface area contributed by atoms with E-state index >= 15 is 0 Å². The molecule has 1 aliphatic carbocycles. The summed E-state index contributed by atoms with van der Waals surface area (Å²) in [6.07, 6.45) is 6.97. The van der Waals surface area contributed by atoms with Gasteiger partial charge >= 0.3 is 0 Å². The molecule has 0 atom stereocenters. The number of nitrogens with two attached hydrogens (primary N) is 1. The van der Waals surface area contributed by atoms with Gasteiger partial charge in [0.2, 0.25) is 0 Å². The van der Waals surface area contributed by atoms with Crippen LogP contribution in [0.4, 0.5) is 0 Å². The van der Waals surface area contributed by atoms with Gasteiger partial charge in [-0.05, 0) is 30.5 Å². The molecule has 2 nitrogen and oxygen atoms in total. The fraction of sp³-hybridized carbons (Fsp3) is 0.467. The van der Waals surface area contributed by atoms with Gasteiger partial charge in [0.05, 0.1) is 5.02 Å². The highest BCUT2D eigenvalue weighted by molar-refractivity contribution is 6.35. The SMILES string of the molecule is Cn1cc(Cl)c2cc(C3(CN)CCCC3)ccc21. The van der Waals surface area contributed by atoms with Crippen molar-refractivity contribution in [2.24, 2.45) is 12.8 Å². The van der Waals surface area contributed by atoms with Gasteiger partial charge in [-0.2, -0.15) is 0 Å². The number of nitrogens with zero attached hydrogens (tertiary/aromatic N) is 1. The molecule has 96 valence electrons. The van der Waals surface area contributed by atoms with E-state index in [9.17, 15) is 0 Å². The van der Waals surface area contributed by atoms with E-state index in [0.717, 1.165) is 17.0 Å². The van der Waals surface area contributed by atoms with Crippen molar-refractivity contribution in [1.82, 2.24) is 4.57 Å². The maximum absolute atomic E-state index is 6.29. The minimum Gasteiger partial charge on any atom is -0.349 e. The summed E-state index contributed by atoms with van der Waals surface area (Å²) in [7, 11) is 2.03. The Balaban J connectivity index is 2.15. The van der Waals surface area contributed by atoms with Crippen LogP contribution in [0.2, 0.25) is 5.02 Å². The first-order valence-electron chi connectivity index (χ1n) is 6.61. The summed E-state index contributed by atoms with van der Waals surface area (Å²) in [6.45, 7) is 0.739. The standard InChI is InChI=1S/C15H19ClN2/c1-18-9-13(16)12-8-11(4-5-14(12)18)15(10-17)6-2-3-7-15/h4-5,8-9H,2-3,6-7,10,17H2,1H3. The monoisotopic (exact) mass is 262 g/mol. The van der Waals surface area contributed by atoms with Crippen LogP contribution in [-0.4, -0.2) is 11.1 Å². The van der Waals surface area contributed by atoms with E-state index in [1.165, 1.54) is 36.8 Å². The predicted octanol–water partition coefficient (Wildman–Crippen LogP) is 3.60. The molecule has 3 heteroatoms. The summed E-state index contributed by atoms with van der Waals surface area (Å²) in [4.78, 5) is 0. The number of aromatic nitrogens is 1. The van der Waals surface area contributed by atoms with E-state index in [-0.39, 0.29) is 5.41 Å². The van der Waals surface area contributed by atoms with Crippen LogP contribution in [0.5, 0.6) is 0 Å². The lowest BCUT2D eigenvalue weighted by atomic mass is 9.78. The summed E-state index contributed by atoms with van der Waals surface area (Å²) >= 11 is 6.29. The smallest absolute Gasteiger partial charge is 0.0661 e. The van der Waals surface area contributed by atoms with Gasteiger partial charge < -0.3 is 10.3 Å². The van der Waals surface area contributed by atoms with Crippen molar-refractivity contribution in [2.75, 3.05) is 6.54 Å². The molecule has 1 saturated carbocycles. The second-order valence-corrected chi connectivity index (χ2v) is 5.92. The second-order valence-electron chi connectivity index (χ2n) is 5.51. The molecule has 1 heterocycles. The van der Waals surface area contributed by atoms with Gasteiger partial charge in [0.1, 0.15) is 0 Å². The Hall–Kier alpha value is -0.990. The molecule has 0 aliphatic heterocycles. The lowest BCUT2D eigenvalue weighted by Crippen LogP contribution is -2.31. The first-order valence-corrected chi connectivity index (χ1v) is 6.99. The molecule has 1 aliphatic rings. The largest absolute Gasteiger partial charge is 0.349 e. The summed E-state index contributed by atoms with van der Waals surface area (Å²) in [5.41, 5.74) is 8.79. The number of hydrogen-bond donors (Lipinski definition) is 1. The zero-order valence-electron chi connectivity index (χ0n) is 10.7. The van der Waals surface area contributed by atoms with Gasteiger partial charge in [0, 0.05) is 36.1 Å². The van der Waals surface area contributed by atoms with Gasteiger partial charge in [0.25, 0.3) is 0 Å². The highest BCUT2D eigenvalue weighted by atomic mass is 35.5. The number of fused-ring (bicyclic) bond motifs is 1. The molecule has 2 N–H and O–H groups in total. The lowest BCUT2D eigenvalue weighted by Gasteiger charge is -2.28. The molecular weight excluding hydrogens is 244 g/mol. The molecule has 1 aromatic carbocycles. The van der Waals surface area contributed by atoms with E-state index in [1.807, 2.05) is 13.2 Å². The number of aryl methyl sites for hydroxylation is 1. The molecule has 0 bridgehead atoms. The van der Waals surface area contributed by atoms with Crippen LogP contribution in [0.1, 0.15) is 31.2 Å². The third-order valence-corrected chi connectivity index (χ3v) is 4.81. The van der Waals surface area contributed by atoms with Crippen LogP contribution in [-0.2, 0) is 12.5 Å². The van der Waals surface area contributed by atoms with E-state index in [2.05, 4.69) is 22.8 Å². The predicted molar refractivity (Wildman–Crippen MR) is 77.1 cm³/mol. The average Bonchev–Trinajstić information content (AvgIpc) is 2.96. The Morgan fingerprint density at radius 2 is 2.06 bits per heavy atom. The quantitative estimate of drug-likeness (QED) is 0.881. The van der Waals surface area contributed by atoms with Gasteiger partial charge in [-0.1, -0.05) is 30.5 Å². The fourth-order valence-corrected chi connectivity index (χ4v) is 3.63. The number of hydrogen-bond acceptors (Lipinski definition) is 1. The van der Waals surface area contributed by atoms with E-state index in [0.29, 0.717) is 0 Å². The van der Waals surface area contributed by atoms with Crippen molar-refractivity contribution in [1.29, 1.82) is 0 Å². The number of benzene rings is 1. The summed E-state index contributed by atoms with van der Waals surface area (Å²) in [5.74, 6) is 0. The zero-order valence-corrected chi connectivity index (χ0v) is 11.5. The first kappa shape index (κ1) is 12.1. The van der Waals surface area contributed by atoms with Crippen LogP contribution in [0.25, 0.3) is 10.9 Å². The topological polar surface area (TPSA) is 30.9 Å². The molecule has 18 heavy (non-hydrogen) atoms. The number of rotatable bonds is 2. The van der Waals surface area contributed by atoms with E-state index < -0.39 is 0 Å². The van der Waals surface area contributed by atoms with Crippen molar-refractivity contribution in [3.63, 3.8) is 0 Å². The number of halogens is 1. The van der Waals surface area contributed by atoms with Crippen molar-refractivity contribution in [3.05, 3.63) is 35.0 Å². The van der Waals surface area contributed by atoms with Gasteiger partial charge in [-0.3, -0.25) is 0 Å². The van der Waals surface area contributed by atoms with Crippen LogP contribution in [0.3, 0.4) is 0 Å². The molecule has 0 amide bonds. The zero-order chi connectivity index (χ0) is 12.8. The molecule has 0 unspecified atom stereocenters. The molecule has 1 aromatic heterocycles. The van der Waals surface area contributed by atoms with Crippen LogP contribution in [0.15, 0.2) is 24.4 Å². The second kappa shape index (κ2) is 4.29. The Kier molecular flexibility index (Phi) is 2.87.